The molecule has 0 aliphatic heterocycles. The largest absolute Gasteiger partial charge is 0.364 e. The Balaban J connectivity index is 1.47. The number of alkyl halides is 1. The minimum Gasteiger partial charge on any atom is -0.364 e. The van der Waals surface area contributed by atoms with Gasteiger partial charge in [-0.3, -0.25) is 13.8 Å². The maximum atomic E-state index is 14.6. The molecule has 186 valence electrons. The van der Waals surface area contributed by atoms with Crippen molar-refractivity contribution in [2.75, 3.05) is 11.9 Å². The number of nitrogens with zero attached hydrogens (tertiary/aromatic N) is 4. The second kappa shape index (κ2) is 10.1. The lowest BCUT2D eigenvalue weighted by Gasteiger charge is -2.17. The second-order valence-corrected chi connectivity index (χ2v) is 9.74. The van der Waals surface area contributed by atoms with Crippen LogP contribution in [-0.2, 0) is 28.1 Å². The van der Waals surface area contributed by atoms with Crippen molar-refractivity contribution in [3.8, 4) is 0 Å². The molecule has 0 bridgehead atoms. The van der Waals surface area contributed by atoms with Crippen molar-refractivity contribution in [1.82, 2.24) is 19.1 Å². The molecular weight excluding hydrogens is 479 g/mol. The standard InChI is InChI=1S/C22H25FN6O5S/c1-28-5-2-3-16(22(28)31)11-29-6-4-15(10-29)20(30)17-9-25-13-26-21(17)27-19-8-14(7-18(19)23)12-34-35(24,32)33/h2-6,9-10,13-14,18-19H,7-8,11-12H2,1H3,(H2,24,32,33)(H,25,26,27)/t14-,18+,19-/m1/s1. The van der Waals surface area contributed by atoms with Gasteiger partial charge in [0, 0.05) is 43.0 Å². The Morgan fingerprint density at radius 1 is 1.31 bits per heavy atom. The van der Waals surface area contributed by atoms with Gasteiger partial charge in [0.05, 0.1) is 24.8 Å². The average molecular weight is 505 g/mol. The minimum atomic E-state index is -4.11. The molecule has 1 saturated carbocycles. The zero-order chi connectivity index (χ0) is 25.2. The van der Waals surface area contributed by atoms with Crippen LogP contribution in [0, 0.1) is 5.92 Å². The van der Waals surface area contributed by atoms with Crippen LogP contribution in [-0.4, -0.2) is 52.1 Å². The maximum Gasteiger partial charge on any atom is 0.333 e. The number of aromatic nitrogens is 4. The van der Waals surface area contributed by atoms with Crippen LogP contribution in [0.15, 0.2) is 54.1 Å². The molecule has 3 N–H and O–H groups in total. The van der Waals surface area contributed by atoms with E-state index in [4.69, 9.17) is 5.14 Å². The van der Waals surface area contributed by atoms with Crippen LogP contribution < -0.4 is 16.0 Å². The molecule has 3 aromatic rings. The van der Waals surface area contributed by atoms with Gasteiger partial charge in [-0.1, -0.05) is 6.07 Å². The minimum absolute atomic E-state index is 0.0867. The predicted octanol–water partition coefficient (Wildman–Crippen LogP) is 1.00. The number of ketones is 1. The summed E-state index contributed by atoms with van der Waals surface area (Å²) >= 11 is 0. The molecule has 0 saturated heterocycles. The Bertz CT molecular complexity index is 1390. The van der Waals surface area contributed by atoms with Gasteiger partial charge in [-0.05, 0) is 30.9 Å². The third-order valence-electron chi connectivity index (χ3n) is 5.90. The number of hydrogen-bond donors (Lipinski definition) is 2. The molecule has 3 heterocycles. The molecule has 0 unspecified atom stereocenters. The molecule has 3 atom stereocenters. The van der Waals surface area contributed by atoms with Gasteiger partial charge in [0.25, 0.3) is 5.56 Å². The van der Waals surface area contributed by atoms with Crippen molar-refractivity contribution in [3.63, 3.8) is 0 Å². The van der Waals surface area contributed by atoms with Gasteiger partial charge >= 0.3 is 10.3 Å². The summed E-state index contributed by atoms with van der Waals surface area (Å²) in [5.74, 6) is -0.549. The summed E-state index contributed by atoms with van der Waals surface area (Å²) in [5.41, 5.74) is 0.976. The summed E-state index contributed by atoms with van der Waals surface area (Å²) in [6, 6.07) is 4.44. The summed E-state index contributed by atoms with van der Waals surface area (Å²) in [4.78, 5) is 33.5. The Kier molecular flexibility index (Phi) is 7.10. The fourth-order valence-electron chi connectivity index (χ4n) is 4.15. The van der Waals surface area contributed by atoms with E-state index in [2.05, 4.69) is 19.5 Å². The Hall–Kier alpha value is -3.42. The number of rotatable bonds is 9. The molecule has 3 aromatic heterocycles. The van der Waals surface area contributed by atoms with Crippen molar-refractivity contribution in [3.05, 3.63) is 76.4 Å². The molecule has 0 spiro atoms. The molecule has 1 fully saturated rings. The lowest BCUT2D eigenvalue weighted by atomic mass is 10.1. The first kappa shape index (κ1) is 24.7. The van der Waals surface area contributed by atoms with Crippen molar-refractivity contribution in [1.29, 1.82) is 0 Å². The summed E-state index contributed by atoms with van der Waals surface area (Å²) < 4.78 is 44.4. The first-order valence-electron chi connectivity index (χ1n) is 10.8. The molecule has 4 rings (SSSR count). The SMILES string of the molecule is Cn1cccc(Cn2ccc(C(=O)c3cncnc3N[C@@H]3C[C@H](COS(N)(=O)=O)C[C@@H]3F)c2)c1=O. The number of nitrogens with one attached hydrogen (secondary N) is 1. The Morgan fingerprint density at radius 3 is 2.89 bits per heavy atom. The van der Waals surface area contributed by atoms with Crippen LogP contribution in [0.1, 0.15) is 34.3 Å². The van der Waals surface area contributed by atoms with Gasteiger partial charge < -0.3 is 14.5 Å². The molecule has 11 nitrogen and oxygen atoms in total. The first-order valence-corrected chi connectivity index (χ1v) is 12.3. The zero-order valence-corrected chi connectivity index (χ0v) is 19.7. The third-order valence-corrected chi connectivity index (χ3v) is 6.36. The highest BCUT2D eigenvalue weighted by molar-refractivity contribution is 7.84. The van der Waals surface area contributed by atoms with Crippen LogP contribution in [0.5, 0.6) is 0 Å². The number of carbonyl (C=O) groups excluding carboxylic acids is 1. The zero-order valence-electron chi connectivity index (χ0n) is 18.9. The lowest BCUT2D eigenvalue weighted by molar-refractivity contribution is 0.103. The van der Waals surface area contributed by atoms with E-state index in [1.807, 2.05) is 0 Å². The van der Waals surface area contributed by atoms with Crippen LogP contribution in [0.3, 0.4) is 0 Å². The Morgan fingerprint density at radius 2 is 2.11 bits per heavy atom. The molecule has 1 aliphatic carbocycles. The van der Waals surface area contributed by atoms with Gasteiger partial charge in [-0.25, -0.2) is 19.5 Å². The van der Waals surface area contributed by atoms with Crippen LogP contribution >= 0.6 is 0 Å². The molecule has 1 aliphatic rings. The van der Waals surface area contributed by atoms with Crippen LogP contribution in [0.4, 0.5) is 10.2 Å². The number of halogens is 1. The topological polar surface area (TPSA) is 151 Å². The summed E-state index contributed by atoms with van der Waals surface area (Å²) in [7, 11) is -2.44. The number of aryl methyl sites for hydroxylation is 1. The molecule has 0 amide bonds. The summed E-state index contributed by atoms with van der Waals surface area (Å²) in [6.45, 7) is 0.0792. The number of hydrogen-bond acceptors (Lipinski definition) is 8. The van der Waals surface area contributed by atoms with Crippen molar-refractivity contribution in [2.24, 2.45) is 18.1 Å². The number of anilines is 1. The van der Waals surface area contributed by atoms with Crippen molar-refractivity contribution in [2.45, 2.75) is 31.6 Å². The smallest absolute Gasteiger partial charge is 0.333 e. The van der Waals surface area contributed by atoms with E-state index >= 15 is 0 Å². The maximum absolute atomic E-state index is 14.6. The fourth-order valence-corrected chi connectivity index (χ4v) is 4.53. The van der Waals surface area contributed by atoms with E-state index in [-0.39, 0.29) is 48.1 Å². The van der Waals surface area contributed by atoms with Gasteiger partial charge in [0.1, 0.15) is 18.3 Å². The van der Waals surface area contributed by atoms with E-state index in [0.717, 1.165) is 0 Å². The van der Waals surface area contributed by atoms with Crippen LogP contribution in [0.25, 0.3) is 0 Å². The fraction of sp³-hybridized carbons (Fsp3) is 0.364. The lowest BCUT2D eigenvalue weighted by Crippen LogP contribution is -2.27. The monoisotopic (exact) mass is 504 g/mol. The van der Waals surface area contributed by atoms with E-state index in [0.29, 0.717) is 17.7 Å². The van der Waals surface area contributed by atoms with Gasteiger partial charge in [-0.2, -0.15) is 8.42 Å². The number of carbonyl (C=O) groups is 1. The first-order chi connectivity index (χ1) is 16.6. The van der Waals surface area contributed by atoms with Crippen molar-refractivity contribution < 1.29 is 21.8 Å². The molecule has 0 aromatic carbocycles. The average Bonchev–Trinajstić information content (AvgIpc) is 3.41. The van der Waals surface area contributed by atoms with Crippen LogP contribution in [0.2, 0.25) is 0 Å². The van der Waals surface area contributed by atoms with Crippen molar-refractivity contribution >= 4 is 21.9 Å². The Labute approximate surface area is 201 Å². The van der Waals surface area contributed by atoms with Gasteiger partial charge in [-0.15, -0.1) is 0 Å². The van der Waals surface area contributed by atoms with E-state index in [9.17, 15) is 22.4 Å². The number of nitrogens with two attached hydrogens (primary N) is 1. The third kappa shape index (κ3) is 5.99. The number of pyridine rings is 1. The summed E-state index contributed by atoms with van der Waals surface area (Å²) in [6.07, 6.45) is 6.66. The van der Waals surface area contributed by atoms with E-state index in [1.54, 1.807) is 48.4 Å². The van der Waals surface area contributed by atoms with Gasteiger partial charge in [0.15, 0.2) is 5.78 Å². The quantitative estimate of drug-likeness (QED) is 0.410. The molecule has 0 radical (unpaired) electrons. The van der Waals surface area contributed by atoms with E-state index < -0.39 is 22.5 Å². The predicted molar refractivity (Wildman–Crippen MR) is 125 cm³/mol. The molecule has 13 heteroatoms. The molecular formula is C22H25FN6O5S. The van der Waals surface area contributed by atoms with E-state index in [1.165, 1.54) is 17.1 Å². The second-order valence-electron chi connectivity index (χ2n) is 8.52. The normalized spacial score (nSPS) is 20.1. The highest BCUT2D eigenvalue weighted by Gasteiger charge is 2.36. The highest BCUT2D eigenvalue weighted by Crippen LogP contribution is 2.31. The molecule has 35 heavy (non-hydrogen) atoms. The van der Waals surface area contributed by atoms with Gasteiger partial charge in [0.2, 0.25) is 0 Å². The highest BCUT2D eigenvalue weighted by atomic mass is 32.2. The summed E-state index contributed by atoms with van der Waals surface area (Å²) in [5, 5.41) is 7.80.